The lowest BCUT2D eigenvalue weighted by Crippen LogP contribution is -2.28. The Morgan fingerprint density at radius 2 is 2.27 bits per heavy atom. The van der Waals surface area contributed by atoms with Crippen LogP contribution in [0.1, 0.15) is 31.9 Å². The van der Waals surface area contributed by atoms with Gasteiger partial charge in [0.1, 0.15) is 0 Å². The fourth-order valence-corrected chi connectivity index (χ4v) is 2.63. The van der Waals surface area contributed by atoms with Crippen molar-refractivity contribution >= 4 is 10.0 Å². The van der Waals surface area contributed by atoms with E-state index in [-0.39, 0.29) is 11.8 Å². The lowest BCUT2D eigenvalue weighted by molar-refractivity contribution is 0.565. The first kappa shape index (κ1) is 12.1. The molecule has 0 amide bonds. The SMILES string of the molecule is CCCS(=O)(=O)N[C@H](C)c1cccnc1. The minimum Gasteiger partial charge on any atom is -0.264 e. The molecule has 0 unspecified atom stereocenters. The average Bonchev–Trinajstić information content (AvgIpc) is 2.18. The van der Waals surface area contributed by atoms with Crippen molar-refractivity contribution in [3.8, 4) is 0 Å². The summed E-state index contributed by atoms with van der Waals surface area (Å²) in [6, 6.07) is 3.42. The molecule has 0 bridgehead atoms. The molecule has 1 rings (SSSR count). The van der Waals surface area contributed by atoms with Crippen LogP contribution in [0.4, 0.5) is 0 Å². The number of rotatable bonds is 5. The van der Waals surface area contributed by atoms with Gasteiger partial charge >= 0.3 is 0 Å². The van der Waals surface area contributed by atoms with Crippen molar-refractivity contribution in [2.45, 2.75) is 26.3 Å². The lowest BCUT2D eigenvalue weighted by Gasteiger charge is -2.13. The number of aromatic nitrogens is 1. The quantitative estimate of drug-likeness (QED) is 0.830. The van der Waals surface area contributed by atoms with Crippen molar-refractivity contribution in [1.82, 2.24) is 9.71 Å². The molecule has 0 fully saturated rings. The first-order valence-corrected chi connectivity index (χ1v) is 6.60. The first-order chi connectivity index (χ1) is 7.05. The largest absolute Gasteiger partial charge is 0.264 e. The molecule has 15 heavy (non-hydrogen) atoms. The predicted octanol–water partition coefficient (Wildman–Crippen LogP) is 1.47. The number of hydrogen-bond donors (Lipinski definition) is 1. The van der Waals surface area contributed by atoms with Crippen molar-refractivity contribution in [2.75, 3.05) is 5.75 Å². The number of nitrogens with one attached hydrogen (secondary N) is 1. The molecule has 84 valence electrons. The standard InChI is InChI=1S/C10H16N2O2S/c1-3-7-15(13,14)12-9(2)10-5-4-6-11-8-10/h4-6,8-9,12H,3,7H2,1-2H3/t9-/m1/s1. The third kappa shape index (κ3) is 3.97. The van der Waals surface area contributed by atoms with E-state index in [0.717, 1.165) is 5.56 Å². The highest BCUT2D eigenvalue weighted by molar-refractivity contribution is 7.89. The fourth-order valence-electron chi connectivity index (χ4n) is 1.30. The number of hydrogen-bond acceptors (Lipinski definition) is 3. The Morgan fingerprint density at radius 1 is 1.53 bits per heavy atom. The molecule has 0 saturated heterocycles. The second-order valence-electron chi connectivity index (χ2n) is 3.44. The monoisotopic (exact) mass is 228 g/mol. The third-order valence-corrected chi connectivity index (χ3v) is 3.67. The molecule has 0 saturated carbocycles. The summed E-state index contributed by atoms with van der Waals surface area (Å²) >= 11 is 0. The molecule has 0 aromatic carbocycles. The molecule has 4 nitrogen and oxygen atoms in total. The van der Waals surface area contributed by atoms with Crippen LogP contribution >= 0.6 is 0 Å². The molecule has 0 spiro atoms. The molecule has 0 aliphatic carbocycles. The minimum atomic E-state index is -3.16. The molecule has 1 aromatic rings. The zero-order valence-electron chi connectivity index (χ0n) is 8.97. The van der Waals surface area contributed by atoms with E-state index in [9.17, 15) is 8.42 Å². The highest BCUT2D eigenvalue weighted by Crippen LogP contribution is 2.11. The fraction of sp³-hybridized carbons (Fsp3) is 0.500. The van der Waals surface area contributed by atoms with Gasteiger partial charge in [-0.15, -0.1) is 0 Å². The lowest BCUT2D eigenvalue weighted by atomic mass is 10.2. The van der Waals surface area contributed by atoms with E-state index in [0.29, 0.717) is 6.42 Å². The zero-order chi connectivity index (χ0) is 11.3. The summed E-state index contributed by atoms with van der Waals surface area (Å²) in [6.07, 6.45) is 3.95. The summed E-state index contributed by atoms with van der Waals surface area (Å²) in [5.74, 6) is 0.164. The van der Waals surface area contributed by atoms with E-state index in [1.165, 1.54) is 0 Å². The van der Waals surface area contributed by atoms with Gasteiger partial charge in [0.15, 0.2) is 0 Å². The van der Waals surface area contributed by atoms with Gasteiger partial charge in [-0.1, -0.05) is 13.0 Å². The molecule has 1 heterocycles. The topological polar surface area (TPSA) is 59.1 Å². The van der Waals surface area contributed by atoms with Crippen molar-refractivity contribution in [3.05, 3.63) is 30.1 Å². The summed E-state index contributed by atoms with van der Waals surface area (Å²) < 4.78 is 25.6. The maximum absolute atomic E-state index is 11.5. The third-order valence-electron chi connectivity index (χ3n) is 2.01. The summed E-state index contributed by atoms with van der Waals surface area (Å²) in [7, 11) is -3.16. The van der Waals surface area contributed by atoms with Crippen LogP contribution < -0.4 is 4.72 Å². The molecule has 1 N–H and O–H groups in total. The van der Waals surface area contributed by atoms with Crippen LogP contribution in [0.3, 0.4) is 0 Å². The number of nitrogens with zero attached hydrogens (tertiary/aromatic N) is 1. The second kappa shape index (κ2) is 5.23. The van der Waals surface area contributed by atoms with Crippen LogP contribution in [0.25, 0.3) is 0 Å². The highest BCUT2D eigenvalue weighted by Gasteiger charge is 2.14. The Hall–Kier alpha value is -0.940. The van der Waals surface area contributed by atoms with Crippen LogP contribution in [-0.4, -0.2) is 19.2 Å². The Labute approximate surface area is 90.8 Å². The van der Waals surface area contributed by atoms with Gasteiger partial charge in [-0.2, -0.15) is 0 Å². The Morgan fingerprint density at radius 3 is 2.80 bits per heavy atom. The minimum absolute atomic E-state index is 0.164. The van der Waals surface area contributed by atoms with Crippen molar-refractivity contribution in [2.24, 2.45) is 0 Å². The Bertz CT molecular complexity index is 389. The van der Waals surface area contributed by atoms with E-state index in [1.807, 2.05) is 19.9 Å². The Kier molecular flexibility index (Phi) is 4.23. The maximum Gasteiger partial charge on any atom is 0.212 e. The Balaban J connectivity index is 2.68. The van der Waals surface area contributed by atoms with Gasteiger partial charge in [0.05, 0.1) is 5.75 Å². The molecule has 1 atom stereocenters. The van der Waals surface area contributed by atoms with Gasteiger partial charge in [-0.3, -0.25) is 4.98 Å². The summed E-state index contributed by atoms with van der Waals surface area (Å²) in [5.41, 5.74) is 0.872. The first-order valence-electron chi connectivity index (χ1n) is 4.95. The maximum atomic E-state index is 11.5. The smallest absolute Gasteiger partial charge is 0.212 e. The van der Waals surface area contributed by atoms with E-state index < -0.39 is 10.0 Å². The van der Waals surface area contributed by atoms with E-state index in [4.69, 9.17) is 0 Å². The molecule has 0 aliphatic rings. The van der Waals surface area contributed by atoms with Gasteiger partial charge in [0, 0.05) is 18.4 Å². The normalized spacial score (nSPS) is 13.7. The van der Waals surface area contributed by atoms with Crippen LogP contribution in [0.2, 0.25) is 0 Å². The van der Waals surface area contributed by atoms with Crippen molar-refractivity contribution < 1.29 is 8.42 Å². The average molecular weight is 228 g/mol. The molecular formula is C10H16N2O2S. The molecular weight excluding hydrogens is 212 g/mol. The molecule has 0 radical (unpaired) electrons. The predicted molar refractivity (Wildman–Crippen MR) is 59.9 cm³/mol. The highest BCUT2D eigenvalue weighted by atomic mass is 32.2. The van der Waals surface area contributed by atoms with Crippen LogP contribution in [0, 0.1) is 0 Å². The molecule has 0 aliphatic heterocycles. The number of pyridine rings is 1. The van der Waals surface area contributed by atoms with Crippen molar-refractivity contribution in [3.63, 3.8) is 0 Å². The van der Waals surface area contributed by atoms with E-state index >= 15 is 0 Å². The second-order valence-corrected chi connectivity index (χ2v) is 5.32. The van der Waals surface area contributed by atoms with Gasteiger partial charge in [-0.05, 0) is 25.0 Å². The van der Waals surface area contributed by atoms with Crippen LogP contribution in [-0.2, 0) is 10.0 Å². The van der Waals surface area contributed by atoms with E-state index in [1.54, 1.807) is 18.5 Å². The molecule has 5 heteroatoms. The van der Waals surface area contributed by atoms with E-state index in [2.05, 4.69) is 9.71 Å². The van der Waals surface area contributed by atoms with Gasteiger partial charge in [0.25, 0.3) is 0 Å². The molecule has 1 aromatic heterocycles. The summed E-state index contributed by atoms with van der Waals surface area (Å²) in [5, 5.41) is 0. The van der Waals surface area contributed by atoms with Gasteiger partial charge in [0.2, 0.25) is 10.0 Å². The number of sulfonamides is 1. The van der Waals surface area contributed by atoms with Crippen molar-refractivity contribution in [1.29, 1.82) is 0 Å². The summed E-state index contributed by atoms with van der Waals surface area (Å²) in [6.45, 7) is 3.65. The van der Waals surface area contributed by atoms with Gasteiger partial charge in [-0.25, -0.2) is 13.1 Å². The van der Waals surface area contributed by atoms with Crippen LogP contribution in [0.5, 0.6) is 0 Å². The van der Waals surface area contributed by atoms with Gasteiger partial charge < -0.3 is 0 Å². The summed E-state index contributed by atoms with van der Waals surface area (Å²) in [4.78, 5) is 3.95. The zero-order valence-corrected chi connectivity index (χ0v) is 9.79. The van der Waals surface area contributed by atoms with Crippen LogP contribution in [0.15, 0.2) is 24.5 Å².